The first-order chi connectivity index (χ1) is 15.5. The van der Waals surface area contributed by atoms with Crippen LogP contribution in [0.15, 0.2) is 48.7 Å². The summed E-state index contributed by atoms with van der Waals surface area (Å²) in [4.78, 5) is 24.3. The number of pyridine rings is 1. The van der Waals surface area contributed by atoms with Crippen LogP contribution in [-0.2, 0) is 17.9 Å². The van der Waals surface area contributed by atoms with Gasteiger partial charge in [0.25, 0.3) is 0 Å². The molecule has 0 radical (unpaired) electrons. The van der Waals surface area contributed by atoms with Crippen molar-refractivity contribution in [3.63, 3.8) is 0 Å². The summed E-state index contributed by atoms with van der Waals surface area (Å²) >= 11 is 0. The summed E-state index contributed by atoms with van der Waals surface area (Å²) in [6.07, 6.45) is 4.16. The summed E-state index contributed by atoms with van der Waals surface area (Å²) in [5.41, 5.74) is 9.14. The fourth-order valence-corrected chi connectivity index (χ4v) is 5.15. The van der Waals surface area contributed by atoms with E-state index in [0.717, 1.165) is 43.9 Å². The average molecular weight is 437 g/mol. The molecule has 0 saturated carbocycles. The molecule has 3 heterocycles. The lowest BCUT2D eigenvalue weighted by Crippen LogP contribution is -2.49. The van der Waals surface area contributed by atoms with E-state index in [4.69, 9.17) is 0 Å². The maximum Gasteiger partial charge on any atom is 0.228 e. The Labute approximate surface area is 191 Å². The Morgan fingerprint density at radius 2 is 1.97 bits per heavy atom. The summed E-state index contributed by atoms with van der Waals surface area (Å²) in [5.74, 6) is 1.66. The van der Waals surface area contributed by atoms with E-state index in [0.29, 0.717) is 19.0 Å². The first-order valence-electron chi connectivity index (χ1n) is 11.6. The lowest BCUT2D eigenvalue weighted by atomic mass is 9.83. The molecule has 2 aromatic rings. The molecule has 172 valence electrons. The van der Waals surface area contributed by atoms with Crippen molar-refractivity contribution < 1.29 is 4.79 Å². The topological polar surface area (TPSA) is 63.7 Å². The van der Waals surface area contributed by atoms with Gasteiger partial charge in [0.2, 0.25) is 5.91 Å². The molecule has 4 rings (SSSR count). The van der Waals surface area contributed by atoms with Crippen LogP contribution in [-0.4, -0.2) is 67.5 Å². The average Bonchev–Trinajstić information content (AvgIpc) is 3.29. The molecule has 0 bridgehead atoms. The van der Waals surface area contributed by atoms with Gasteiger partial charge in [0.05, 0.1) is 5.92 Å². The summed E-state index contributed by atoms with van der Waals surface area (Å²) in [6.45, 7) is 4.31. The molecule has 7 nitrogen and oxygen atoms in total. The van der Waals surface area contributed by atoms with Gasteiger partial charge >= 0.3 is 0 Å². The largest absolute Gasteiger partial charge is 0.362 e. The highest BCUT2D eigenvalue weighted by Gasteiger charge is 2.40. The number of anilines is 1. The lowest BCUT2D eigenvalue weighted by molar-refractivity contribution is -0.135. The predicted molar refractivity (Wildman–Crippen MR) is 128 cm³/mol. The number of nitrogens with zero attached hydrogens (tertiary/aromatic N) is 4. The van der Waals surface area contributed by atoms with Crippen molar-refractivity contribution in [2.45, 2.75) is 32.0 Å². The van der Waals surface area contributed by atoms with Crippen molar-refractivity contribution in [1.82, 2.24) is 25.6 Å². The molecule has 2 aliphatic rings. The van der Waals surface area contributed by atoms with Gasteiger partial charge in [-0.2, -0.15) is 0 Å². The van der Waals surface area contributed by atoms with Crippen molar-refractivity contribution in [3.8, 4) is 0 Å². The number of likely N-dealkylation sites (tertiary alicyclic amines) is 1. The van der Waals surface area contributed by atoms with Crippen LogP contribution in [0.1, 0.15) is 24.0 Å². The molecule has 2 N–H and O–H groups in total. The molecule has 2 aliphatic heterocycles. The number of benzene rings is 1. The molecule has 1 amide bonds. The smallest absolute Gasteiger partial charge is 0.228 e. The molecule has 0 aliphatic carbocycles. The number of piperidine rings is 1. The Hall–Kier alpha value is -2.48. The molecule has 2 fully saturated rings. The first-order valence-corrected chi connectivity index (χ1v) is 11.6. The third kappa shape index (κ3) is 5.28. The van der Waals surface area contributed by atoms with Crippen molar-refractivity contribution in [1.29, 1.82) is 0 Å². The van der Waals surface area contributed by atoms with Crippen molar-refractivity contribution in [3.05, 3.63) is 59.8 Å². The van der Waals surface area contributed by atoms with Gasteiger partial charge < -0.3 is 9.80 Å². The maximum atomic E-state index is 13.3. The number of rotatable bonds is 7. The molecule has 3 atom stereocenters. The Morgan fingerprint density at radius 3 is 2.75 bits per heavy atom. The summed E-state index contributed by atoms with van der Waals surface area (Å²) in [5, 5.41) is 0. The Morgan fingerprint density at radius 1 is 1.16 bits per heavy atom. The number of amides is 1. The molecule has 1 aromatic heterocycles. The Kier molecular flexibility index (Phi) is 7.40. The molecule has 32 heavy (non-hydrogen) atoms. The van der Waals surface area contributed by atoms with Gasteiger partial charge in [0, 0.05) is 65.1 Å². The van der Waals surface area contributed by atoms with E-state index in [-0.39, 0.29) is 17.9 Å². The Bertz CT molecular complexity index is 889. The minimum Gasteiger partial charge on any atom is -0.362 e. The quantitative estimate of drug-likeness (QED) is 0.693. The van der Waals surface area contributed by atoms with Crippen LogP contribution in [0.3, 0.4) is 0 Å². The zero-order chi connectivity index (χ0) is 22.5. The normalized spacial score (nSPS) is 23.8. The van der Waals surface area contributed by atoms with Gasteiger partial charge in [-0.3, -0.25) is 20.5 Å². The van der Waals surface area contributed by atoms with E-state index in [2.05, 4.69) is 43.8 Å². The van der Waals surface area contributed by atoms with Gasteiger partial charge in [-0.1, -0.05) is 36.4 Å². The summed E-state index contributed by atoms with van der Waals surface area (Å²) in [6, 6.07) is 14.6. The number of carbonyl (C=O) groups excluding carboxylic acids is 1. The van der Waals surface area contributed by atoms with Crippen LogP contribution in [0.25, 0.3) is 0 Å². The molecular formula is C25H36N6O. The second-order valence-electron chi connectivity index (χ2n) is 9.36. The van der Waals surface area contributed by atoms with E-state index in [1.807, 2.05) is 56.5 Å². The van der Waals surface area contributed by atoms with Crippen LogP contribution in [0.4, 0.5) is 5.82 Å². The third-order valence-corrected chi connectivity index (χ3v) is 6.72. The number of hydrogen-bond acceptors (Lipinski definition) is 6. The lowest BCUT2D eigenvalue weighted by Gasteiger charge is -2.38. The summed E-state index contributed by atoms with van der Waals surface area (Å²) < 4.78 is 0. The van der Waals surface area contributed by atoms with Crippen molar-refractivity contribution in [2.75, 3.05) is 45.7 Å². The SMILES string of the molecule is CN(Cc1ccccc1)C(=O)C1CNNC1C1CCCN(Cc2cccnc2N(C)C)C1. The second kappa shape index (κ2) is 10.4. The monoisotopic (exact) mass is 436 g/mol. The van der Waals surface area contributed by atoms with Crippen molar-refractivity contribution in [2.24, 2.45) is 11.8 Å². The van der Waals surface area contributed by atoms with Crippen LogP contribution in [0.2, 0.25) is 0 Å². The van der Waals surface area contributed by atoms with E-state index in [1.54, 1.807) is 0 Å². The van der Waals surface area contributed by atoms with Gasteiger partial charge in [-0.25, -0.2) is 4.98 Å². The fraction of sp³-hybridized carbons (Fsp3) is 0.520. The first kappa shape index (κ1) is 22.7. The van der Waals surface area contributed by atoms with E-state index < -0.39 is 0 Å². The standard InChI is InChI=1S/C25H36N6O/c1-29(2)24-21(11-7-13-26-24)18-31-14-8-12-20(17-31)23-22(15-27-28-23)25(32)30(3)16-19-9-5-4-6-10-19/h4-7,9-11,13,20,22-23,27-28H,8,12,14-18H2,1-3H3. The van der Waals surface area contributed by atoms with Gasteiger partial charge in [0.15, 0.2) is 0 Å². The van der Waals surface area contributed by atoms with Crippen LogP contribution < -0.4 is 15.8 Å². The minimum absolute atomic E-state index is 0.0376. The molecule has 7 heteroatoms. The van der Waals surface area contributed by atoms with Gasteiger partial charge in [0.1, 0.15) is 5.82 Å². The van der Waals surface area contributed by atoms with Crippen LogP contribution in [0, 0.1) is 11.8 Å². The predicted octanol–water partition coefficient (Wildman–Crippen LogP) is 2.11. The third-order valence-electron chi connectivity index (χ3n) is 6.72. The van der Waals surface area contributed by atoms with Gasteiger partial charge in [-0.15, -0.1) is 0 Å². The van der Waals surface area contributed by atoms with E-state index in [9.17, 15) is 4.79 Å². The zero-order valence-corrected chi connectivity index (χ0v) is 19.5. The van der Waals surface area contributed by atoms with E-state index in [1.165, 1.54) is 5.56 Å². The number of aromatic nitrogens is 1. The van der Waals surface area contributed by atoms with Crippen LogP contribution in [0.5, 0.6) is 0 Å². The van der Waals surface area contributed by atoms with E-state index >= 15 is 0 Å². The zero-order valence-electron chi connectivity index (χ0n) is 19.5. The maximum absolute atomic E-state index is 13.3. The van der Waals surface area contributed by atoms with Crippen LogP contribution >= 0.6 is 0 Å². The molecule has 3 unspecified atom stereocenters. The highest BCUT2D eigenvalue weighted by atomic mass is 16.2. The number of hydrazine groups is 1. The Balaban J connectivity index is 1.39. The molecule has 0 spiro atoms. The number of hydrogen-bond donors (Lipinski definition) is 2. The highest BCUT2D eigenvalue weighted by molar-refractivity contribution is 5.80. The molecule has 2 saturated heterocycles. The molecule has 1 aromatic carbocycles. The minimum atomic E-state index is -0.0376. The number of carbonyl (C=O) groups is 1. The molecular weight excluding hydrogens is 400 g/mol. The second-order valence-corrected chi connectivity index (χ2v) is 9.36. The summed E-state index contributed by atoms with van der Waals surface area (Å²) in [7, 11) is 6.01. The number of nitrogens with one attached hydrogen (secondary N) is 2. The van der Waals surface area contributed by atoms with Gasteiger partial charge in [-0.05, 0) is 36.9 Å². The fourth-order valence-electron chi connectivity index (χ4n) is 5.15. The van der Waals surface area contributed by atoms with Crippen molar-refractivity contribution >= 4 is 11.7 Å². The highest BCUT2D eigenvalue weighted by Crippen LogP contribution is 2.28.